The van der Waals surface area contributed by atoms with Crippen LogP contribution in [-0.2, 0) is 9.53 Å². The second-order valence-electron chi connectivity index (χ2n) is 3.08. The Labute approximate surface area is 93.0 Å². The van der Waals surface area contributed by atoms with Crippen molar-refractivity contribution in [2.24, 2.45) is 0 Å². The molecule has 1 aromatic rings. The molecule has 0 heterocycles. The molecule has 0 unspecified atom stereocenters. The number of benzene rings is 1. The molecule has 0 radical (unpaired) electrons. The summed E-state index contributed by atoms with van der Waals surface area (Å²) in [4.78, 5) is 22.2. The lowest BCUT2D eigenvalue weighted by atomic mass is 10.2. The fourth-order valence-corrected chi connectivity index (χ4v) is 0.988. The number of nitrogens with one attached hydrogen (secondary N) is 1. The second-order valence-corrected chi connectivity index (χ2v) is 3.08. The van der Waals surface area contributed by atoms with Crippen molar-refractivity contribution in [2.45, 2.75) is 13.3 Å². The van der Waals surface area contributed by atoms with E-state index in [0.29, 0.717) is 12.0 Å². The first-order valence-corrected chi connectivity index (χ1v) is 4.86. The van der Waals surface area contributed by atoms with Crippen molar-refractivity contribution in [2.75, 3.05) is 6.73 Å². The summed E-state index contributed by atoms with van der Waals surface area (Å²) in [7, 11) is 0. The Morgan fingerprint density at radius 3 is 2.50 bits per heavy atom. The molecule has 0 saturated carbocycles. The minimum absolute atomic E-state index is 0.0795. The summed E-state index contributed by atoms with van der Waals surface area (Å²) in [6.45, 7) is 1.56. The number of carbonyl (C=O) groups is 2. The molecule has 5 heteroatoms. The minimum atomic E-state index is -0.545. The molecule has 0 aliphatic heterocycles. The molecule has 1 amide bonds. The fraction of sp³-hybridized carbons (Fsp3) is 0.273. The number of phenolic OH excluding ortho intramolecular Hbond substituents is 1. The van der Waals surface area contributed by atoms with Gasteiger partial charge in [-0.1, -0.05) is 6.92 Å². The zero-order valence-electron chi connectivity index (χ0n) is 8.90. The van der Waals surface area contributed by atoms with Crippen LogP contribution >= 0.6 is 0 Å². The van der Waals surface area contributed by atoms with Gasteiger partial charge in [-0.15, -0.1) is 0 Å². The average Bonchev–Trinajstić information content (AvgIpc) is 2.29. The molecular formula is C11H13NO4. The van der Waals surface area contributed by atoms with E-state index in [1.54, 1.807) is 6.92 Å². The number of hydrogen-bond donors (Lipinski definition) is 2. The zero-order chi connectivity index (χ0) is 12.0. The molecule has 86 valence electrons. The molecule has 2 N–H and O–H groups in total. The van der Waals surface area contributed by atoms with Crippen LogP contribution in [0.5, 0.6) is 5.75 Å². The van der Waals surface area contributed by atoms with Crippen molar-refractivity contribution >= 4 is 11.9 Å². The Balaban J connectivity index is 2.41. The number of rotatable bonds is 4. The van der Waals surface area contributed by atoms with Gasteiger partial charge in [-0.25, -0.2) is 4.79 Å². The molecule has 0 aliphatic rings. The van der Waals surface area contributed by atoms with Crippen molar-refractivity contribution in [1.29, 1.82) is 0 Å². The van der Waals surface area contributed by atoms with E-state index in [2.05, 4.69) is 5.32 Å². The second kappa shape index (κ2) is 5.75. The molecule has 16 heavy (non-hydrogen) atoms. The molecule has 0 spiro atoms. The standard InChI is InChI=1S/C11H13NO4/c1-2-10(14)12-7-16-11(15)8-3-5-9(13)6-4-8/h3-6,13H,2,7H2,1H3,(H,12,14). The summed E-state index contributed by atoms with van der Waals surface area (Å²) in [5, 5.41) is 11.4. The molecule has 0 fully saturated rings. The molecule has 5 nitrogen and oxygen atoms in total. The number of aromatic hydroxyl groups is 1. The van der Waals surface area contributed by atoms with E-state index < -0.39 is 5.97 Å². The summed E-state index contributed by atoms with van der Waals surface area (Å²) < 4.78 is 4.79. The third-order valence-corrected chi connectivity index (χ3v) is 1.90. The maximum atomic E-state index is 11.4. The summed E-state index contributed by atoms with van der Waals surface area (Å²) in [5.74, 6) is -0.647. The largest absolute Gasteiger partial charge is 0.508 e. The van der Waals surface area contributed by atoms with Gasteiger partial charge in [0.15, 0.2) is 6.73 Å². The first-order chi connectivity index (χ1) is 7.63. The molecule has 0 aromatic heterocycles. The summed E-state index contributed by atoms with van der Waals surface area (Å²) in [6.07, 6.45) is 0.344. The first kappa shape index (κ1) is 12.0. The van der Waals surface area contributed by atoms with E-state index in [4.69, 9.17) is 9.84 Å². The normalized spacial score (nSPS) is 9.56. The van der Waals surface area contributed by atoms with E-state index in [9.17, 15) is 9.59 Å². The van der Waals surface area contributed by atoms with Crippen LogP contribution in [0, 0.1) is 0 Å². The van der Waals surface area contributed by atoms with Crippen molar-refractivity contribution in [3.63, 3.8) is 0 Å². The van der Waals surface area contributed by atoms with E-state index in [0.717, 1.165) is 0 Å². The van der Waals surface area contributed by atoms with E-state index in [1.807, 2.05) is 0 Å². The van der Waals surface area contributed by atoms with Gasteiger partial charge in [0, 0.05) is 6.42 Å². The third-order valence-electron chi connectivity index (χ3n) is 1.90. The van der Waals surface area contributed by atoms with Crippen LogP contribution < -0.4 is 5.32 Å². The maximum absolute atomic E-state index is 11.4. The predicted molar refractivity (Wildman–Crippen MR) is 56.8 cm³/mol. The quantitative estimate of drug-likeness (QED) is 0.590. The van der Waals surface area contributed by atoms with Crippen LogP contribution in [0.25, 0.3) is 0 Å². The average molecular weight is 223 g/mol. The molecule has 0 aliphatic carbocycles. The molecule has 0 bridgehead atoms. The minimum Gasteiger partial charge on any atom is -0.508 e. The van der Waals surface area contributed by atoms with Gasteiger partial charge in [-0.3, -0.25) is 4.79 Å². The Morgan fingerprint density at radius 2 is 1.94 bits per heavy atom. The first-order valence-electron chi connectivity index (χ1n) is 4.86. The lowest BCUT2D eigenvalue weighted by Gasteiger charge is -2.05. The highest BCUT2D eigenvalue weighted by molar-refractivity contribution is 5.89. The molecule has 0 atom stereocenters. The Hall–Kier alpha value is -2.04. The Morgan fingerprint density at radius 1 is 1.31 bits per heavy atom. The van der Waals surface area contributed by atoms with Crippen molar-refractivity contribution in [3.8, 4) is 5.75 Å². The van der Waals surface area contributed by atoms with Gasteiger partial charge in [0.25, 0.3) is 0 Å². The van der Waals surface area contributed by atoms with Crippen LogP contribution in [0.3, 0.4) is 0 Å². The topological polar surface area (TPSA) is 75.6 Å². The van der Waals surface area contributed by atoms with Gasteiger partial charge in [-0.05, 0) is 24.3 Å². The Bertz CT molecular complexity index is 372. The number of esters is 1. The maximum Gasteiger partial charge on any atom is 0.339 e. The number of ether oxygens (including phenoxy) is 1. The Kier molecular flexibility index (Phi) is 4.32. The van der Waals surface area contributed by atoms with Crippen LogP contribution in [0.2, 0.25) is 0 Å². The van der Waals surface area contributed by atoms with Gasteiger partial charge in [0.2, 0.25) is 5.91 Å². The van der Waals surface area contributed by atoms with Crippen molar-refractivity contribution < 1.29 is 19.4 Å². The number of amides is 1. The van der Waals surface area contributed by atoms with Crippen LogP contribution in [0.1, 0.15) is 23.7 Å². The SMILES string of the molecule is CCC(=O)NCOC(=O)c1ccc(O)cc1. The van der Waals surface area contributed by atoms with Crippen molar-refractivity contribution in [3.05, 3.63) is 29.8 Å². The highest BCUT2D eigenvalue weighted by atomic mass is 16.5. The number of hydrogen-bond acceptors (Lipinski definition) is 4. The molecule has 1 rings (SSSR count). The number of carbonyl (C=O) groups excluding carboxylic acids is 2. The van der Waals surface area contributed by atoms with Crippen LogP contribution in [0.15, 0.2) is 24.3 Å². The highest BCUT2D eigenvalue weighted by Crippen LogP contribution is 2.10. The van der Waals surface area contributed by atoms with Gasteiger partial charge in [-0.2, -0.15) is 0 Å². The predicted octanol–water partition coefficient (Wildman–Crippen LogP) is 1.03. The third kappa shape index (κ3) is 3.61. The summed E-state index contributed by atoms with van der Waals surface area (Å²) in [5.41, 5.74) is 0.323. The number of phenols is 1. The monoisotopic (exact) mass is 223 g/mol. The van der Waals surface area contributed by atoms with Gasteiger partial charge < -0.3 is 15.2 Å². The van der Waals surface area contributed by atoms with Crippen molar-refractivity contribution in [1.82, 2.24) is 5.32 Å². The van der Waals surface area contributed by atoms with Crippen LogP contribution in [0.4, 0.5) is 0 Å². The lowest BCUT2D eigenvalue weighted by molar-refractivity contribution is -0.121. The highest BCUT2D eigenvalue weighted by Gasteiger charge is 2.06. The molecular weight excluding hydrogens is 210 g/mol. The van der Waals surface area contributed by atoms with Crippen LogP contribution in [-0.4, -0.2) is 23.7 Å². The molecule has 1 aromatic carbocycles. The van der Waals surface area contributed by atoms with Gasteiger partial charge >= 0.3 is 5.97 Å². The fourth-order valence-electron chi connectivity index (χ4n) is 0.988. The smallest absolute Gasteiger partial charge is 0.339 e. The molecule has 0 saturated heterocycles. The van der Waals surface area contributed by atoms with Gasteiger partial charge in [0.05, 0.1) is 5.56 Å². The lowest BCUT2D eigenvalue weighted by Crippen LogP contribution is -2.26. The van der Waals surface area contributed by atoms with E-state index in [1.165, 1.54) is 24.3 Å². The summed E-state index contributed by atoms with van der Waals surface area (Å²) >= 11 is 0. The van der Waals surface area contributed by atoms with E-state index in [-0.39, 0.29) is 18.4 Å². The van der Waals surface area contributed by atoms with Gasteiger partial charge in [0.1, 0.15) is 5.75 Å². The summed E-state index contributed by atoms with van der Waals surface area (Å²) in [6, 6.07) is 5.67. The van der Waals surface area contributed by atoms with E-state index >= 15 is 0 Å². The zero-order valence-corrected chi connectivity index (χ0v) is 8.90.